The van der Waals surface area contributed by atoms with Gasteiger partial charge in [-0.1, -0.05) is 6.08 Å². The molecular weight excluding hydrogens is 252 g/mol. The van der Waals surface area contributed by atoms with Crippen LogP contribution in [0.15, 0.2) is 18.7 Å². The number of rotatable bonds is 5. The standard InChI is InChI=1S/C15H24N4O/c1-4-5-8-19-9-6-13(7-10-19)16-15(20)14-11-12(2)17-18(14)3/h4,11,13H,1,5-10H2,2-3H3,(H,16,20). The molecule has 0 unspecified atom stereocenters. The van der Waals surface area contributed by atoms with E-state index in [4.69, 9.17) is 0 Å². The maximum atomic E-state index is 12.2. The monoisotopic (exact) mass is 276 g/mol. The molecular formula is C15H24N4O. The van der Waals surface area contributed by atoms with Crippen LogP contribution in [0.2, 0.25) is 0 Å². The highest BCUT2D eigenvalue weighted by atomic mass is 16.2. The van der Waals surface area contributed by atoms with Gasteiger partial charge in [0.2, 0.25) is 0 Å². The minimum Gasteiger partial charge on any atom is -0.348 e. The third-order valence-electron chi connectivity index (χ3n) is 3.81. The number of nitrogens with zero attached hydrogens (tertiary/aromatic N) is 3. The molecule has 1 aliphatic rings. The van der Waals surface area contributed by atoms with Crippen LogP contribution in [0.4, 0.5) is 0 Å². The number of hydrogen-bond donors (Lipinski definition) is 1. The van der Waals surface area contributed by atoms with E-state index in [0.717, 1.165) is 44.6 Å². The van der Waals surface area contributed by atoms with E-state index in [0.29, 0.717) is 5.69 Å². The molecule has 1 fully saturated rings. The van der Waals surface area contributed by atoms with Gasteiger partial charge >= 0.3 is 0 Å². The van der Waals surface area contributed by atoms with E-state index < -0.39 is 0 Å². The Labute approximate surface area is 120 Å². The topological polar surface area (TPSA) is 50.2 Å². The summed E-state index contributed by atoms with van der Waals surface area (Å²) in [6.45, 7) is 8.81. The van der Waals surface area contributed by atoms with Crippen molar-refractivity contribution in [3.8, 4) is 0 Å². The van der Waals surface area contributed by atoms with Crippen LogP contribution in [-0.4, -0.2) is 46.3 Å². The molecule has 1 aromatic heterocycles. The highest BCUT2D eigenvalue weighted by molar-refractivity contribution is 5.92. The summed E-state index contributed by atoms with van der Waals surface area (Å²) in [7, 11) is 1.81. The fourth-order valence-electron chi connectivity index (χ4n) is 2.66. The van der Waals surface area contributed by atoms with E-state index in [9.17, 15) is 4.79 Å². The van der Waals surface area contributed by atoms with Crippen molar-refractivity contribution in [3.05, 3.63) is 30.1 Å². The lowest BCUT2D eigenvalue weighted by atomic mass is 10.0. The zero-order valence-corrected chi connectivity index (χ0v) is 12.4. The van der Waals surface area contributed by atoms with Crippen LogP contribution in [0, 0.1) is 6.92 Å². The summed E-state index contributed by atoms with van der Waals surface area (Å²) in [6, 6.07) is 2.10. The molecule has 1 aliphatic heterocycles. The second kappa shape index (κ2) is 6.70. The predicted octanol–water partition coefficient (Wildman–Crippen LogP) is 1.50. The molecule has 0 bridgehead atoms. The van der Waals surface area contributed by atoms with Crippen molar-refractivity contribution in [3.63, 3.8) is 0 Å². The van der Waals surface area contributed by atoms with E-state index in [2.05, 4.69) is 21.9 Å². The van der Waals surface area contributed by atoms with Crippen molar-refractivity contribution in [2.24, 2.45) is 7.05 Å². The van der Waals surface area contributed by atoms with Gasteiger partial charge in [0.1, 0.15) is 5.69 Å². The summed E-state index contributed by atoms with van der Waals surface area (Å²) in [6.07, 6.45) is 5.02. The Bertz CT molecular complexity index is 472. The fourth-order valence-corrected chi connectivity index (χ4v) is 2.66. The molecule has 0 atom stereocenters. The number of aryl methyl sites for hydroxylation is 2. The Morgan fingerprint density at radius 2 is 2.25 bits per heavy atom. The highest BCUT2D eigenvalue weighted by Gasteiger charge is 2.21. The van der Waals surface area contributed by atoms with Crippen LogP contribution >= 0.6 is 0 Å². The van der Waals surface area contributed by atoms with Gasteiger partial charge in [0.25, 0.3) is 5.91 Å². The molecule has 0 spiro atoms. The first kappa shape index (κ1) is 14.8. The zero-order chi connectivity index (χ0) is 14.5. The normalized spacial score (nSPS) is 17.1. The first-order valence-corrected chi connectivity index (χ1v) is 7.25. The summed E-state index contributed by atoms with van der Waals surface area (Å²) < 4.78 is 1.64. The Balaban J connectivity index is 1.82. The number of hydrogen-bond acceptors (Lipinski definition) is 3. The van der Waals surface area contributed by atoms with E-state index in [1.165, 1.54) is 0 Å². The van der Waals surface area contributed by atoms with E-state index in [1.54, 1.807) is 11.7 Å². The molecule has 2 rings (SSSR count). The van der Waals surface area contributed by atoms with E-state index >= 15 is 0 Å². The van der Waals surface area contributed by atoms with Crippen molar-refractivity contribution >= 4 is 5.91 Å². The van der Waals surface area contributed by atoms with Gasteiger partial charge in [0.05, 0.1) is 5.69 Å². The predicted molar refractivity (Wildman–Crippen MR) is 79.7 cm³/mol. The molecule has 2 heterocycles. The van der Waals surface area contributed by atoms with E-state index in [-0.39, 0.29) is 11.9 Å². The van der Waals surface area contributed by atoms with Crippen molar-refractivity contribution in [2.45, 2.75) is 32.2 Å². The second-order valence-corrected chi connectivity index (χ2v) is 5.46. The summed E-state index contributed by atoms with van der Waals surface area (Å²) in [5.41, 5.74) is 1.51. The third-order valence-corrected chi connectivity index (χ3v) is 3.81. The molecule has 1 saturated heterocycles. The van der Waals surface area contributed by atoms with Gasteiger partial charge in [0.15, 0.2) is 0 Å². The van der Waals surface area contributed by atoms with Gasteiger partial charge < -0.3 is 10.2 Å². The molecule has 5 nitrogen and oxygen atoms in total. The molecule has 1 aromatic rings. The summed E-state index contributed by atoms with van der Waals surface area (Å²) in [4.78, 5) is 14.6. The molecule has 0 aromatic carbocycles. The first-order chi connectivity index (χ1) is 9.60. The molecule has 0 radical (unpaired) electrons. The van der Waals surface area contributed by atoms with Crippen LogP contribution in [0.5, 0.6) is 0 Å². The Kier molecular flexibility index (Phi) is 4.95. The lowest BCUT2D eigenvalue weighted by Crippen LogP contribution is -2.45. The Morgan fingerprint density at radius 3 is 2.80 bits per heavy atom. The van der Waals surface area contributed by atoms with Crippen molar-refractivity contribution in [1.29, 1.82) is 0 Å². The molecule has 20 heavy (non-hydrogen) atoms. The number of piperidine rings is 1. The van der Waals surface area contributed by atoms with Gasteiger partial charge in [-0.15, -0.1) is 6.58 Å². The quantitative estimate of drug-likeness (QED) is 0.829. The molecule has 1 N–H and O–H groups in total. The summed E-state index contributed by atoms with van der Waals surface area (Å²) in [5, 5.41) is 7.33. The van der Waals surface area contributed by atoms with Crippen LogP contribution in [0.3, 0.4) is 0 Å². The number of carbonyl (C=O) groups excluding carboxylic acids is 1. The van der Waals surface area contributed by atoms with Gasteiger partial charge in [-0.25, -0.2) is 0 Å². The van der Waals surface area contributed by atoms with Crippen LogP contribution in [0.1, 0.15) is 35.4 Å². The molecule has 5 heteroatoms. The van der Waals surface area contributed by atoms with Crippen molar-refractivity contribution < 1.29 is 4.79 Å². The first-order valence-electron chi connectivity index (χ1n) is 7.25. The summed E-state index contributed by atoms with van der Waals surface area (Å²) >= 11 is 0. The van der Waals surface area contributed by atoms with E-state index in [1.807, 2.05) is 19.1 Å². The highest BCUT2D eigenvalue weighted by Crippen LogP contribution is 2.12. The average Bonchev–Trinajstić information content (AvgIpc) is 2.77. The van der Waals surface area contributed by atoms with Crippen LogP contribution in [-0.2, 0) is 7.05 Å². The smallest absolute Gasteiger partial charge is 0.269 e. The Morgan fingerprint density at radius 1 is 1.55 bits per heavy atom. The van der Waals surface area contributed by atoms with Crippen molar-refractivity contribution in [2.75, 3.05) is 19.6 Å². The molecule has 0 saturated carbocycles. The maximum absolute atomic E-state index is 12.2. The maximum Gasteiger partial charge on any atom is 0.269 e. The Hall–Kier alpha value is -1.62. The number of aromatic nitrogens is 2. The zero-order valence-electron chi connectivity index (χ0n) is 12.4. The number of carbonyl (C=O) groups is 1. The van der Waals surface area contributed by atoms with Gasteiger partial charge in [-0.05, 0) is 32.3 Å². The number of likely N-dealkylation sites (tertiary alicyclic amines) is 1. The van der Waals surface area contributed by atoms with Gasteiger partial charge in [0, 0.05) is 32.7 Å². The average molecular weight is 276 g/mol. The largest absolute Gasteiger partial charge is 0.348 e. The second-order valence-electron chi connectivity index (χ2n) is 5.46. The van der Waals surface area contributed by atoms with Crippen molar-refractivity contribution in [1.82, 2.24) is 20.0 Å². The number of amides is 1. The lowest BCUT2D eigenvalue weighted by Gasteiger charge is -2.32. The fraction of sp³-hybridized carbons (Fsp3) is 0.600. The van der Waals surface area contributed by atoms with Crippen LogP contribution < -0.4 is 5.32 Å². The summed E-state index contributed by atoms with van der Waals surface area (Å²) in [5.74, 6) is -0.0161. The van der Waals surface area contributed by atoms with Gasteiger partial charge in [-0.3, -0.25) is 9.48 Å². The SMILES string of the molecule is C=CCCN1CCC(NC(=O)c2cc(C)nn2C)CC1. The lowest BCUT2D eigenvalue weighted by molar-refractivity contribution is 0.0902. The minimum atomic E-state index is -0.0161. The molecule has 1 amide bonds. The van der Waals surface area contributed by atoms with Crippen LogP contribution in [0.25, 0.3) is 0 Å². The third kappa shape index (κ3) is 3.70. The van der Waals surface area contributed by atoms with Gasteiger partial charge in [-0.2, -0.15) is 5.10 Å². The molecule has 0 aliphatic carbocycles. The molecule has 110 valence electrons. The number of nitrogens with one attached hydrogen (secondary N) is 1. The minimum absolute atomic E-state index is 0.0161.